The van der Waals surface area contributed by atoms with Gasteiger partial charge in [0, 0.05) is 33.2 Å². The minimum atomic E-state index is -0.0981. The number of benzene rings is 1. The molecule has 0 aliphatic carbocycles. The number of aromatic hydroxyl groups is 1. The lowest BCUT2D eigenvalue weighted by molar-refractivity contribution is 0.0980. The lowest BCUT2D eigenvalue weighted by Crippen LogP contribution is -2.03. The Labute approximate surface area is 142 Å². The number of pyridine rings is 1. The number of carbonyl (C=O) groups is 1. The molecule has 1 aromatic carbocycles. The van der Waals surface area contributed by atoms with Crippen molar-refractivity contribution >= 4 is 39.6 Å². The number of nitrogens with zero attached hydrogens (tertiary/aromatic N) is 1. The summed E-state index contributed by atoms with van der Waals surface area (Å²) in [5, 5.41) is 9.78. The highest BCUT2D eigenvalue weighted by atomic mass is 79.9. The second-order valence-electron chi connectivity index (χ2n) is 4.71. The molecule has 0 spiro atoms. The third-order valence-electron chi connectivity index (χ3n) is 3.26. The van der Waals surface area contributed by atoms with Gasteiger partial charge in [-0.2, -0.15) is 0 Å². The number of Topliss-reactive ketones (excluding diaryl/α,β-unsaturated/α-hetero) is 1. The number of aryl methyl sites for hydroxylation is 1. The van der Waals surface area contributed by atoms with Crippen LogP contribution in [0.4, 0.5) is 0 Å². The van der Waals surface area contributed by atoms with E-state index >= 15 is 0 Å². The first-order chi connectivity index (χ1) is 10.5. The predicted octanol–water partition coefficient (Wildman–Crippen LogP) is 4.73. The third kappa shape index (κ3) is 3.99. The Hall–Kier alpha value is -1.59. The van der Waals surface area contributed by atoms with Crippen molar-refractivity contribution in [2.45, 2.75) is 17.7 Å². The van der Waals surface area contributed by atoms with Gasteiger partial charge in [0.2, 0.25) is 0 Å². The molecule has 3 nitrogen and oxygen atoms in total. The van der Waals surface area contributed by atoms with E-state index < -0.39 is 0 Å². The van der Waals surface area contributed by atoms with E-state index in [0.29, 0.717) is 18.4 Å². The van der Waals surface area contributed by atoms with Crippen LogP contribution in [0, 0.1) is 0 Å². The third-order valence-corrected chi connectivity index (χ3v) is 4.55. The maximum atomic E-state index is 12.2. The number of halogens is 1. The summed E-state index contributed by atoms with van der Waals surface area (Å²) in [7, 11) is 0. The van der Waals surface area contributed by atoms with Gasteiger partial charge in [0.05, 0.1) is 5.56 Å². The summed E-state index contributed by atoms with van der Waals surface area (Å²) in [6, 6.07) is 6.83. The SMILES string of the molecule is C=Cc1cnc(CCC(=O)c2cc(Br)ccc2O)cc1SC. The quantitative estimate of drug-likeness (QED) is 0.583. The molecule has 0 saturated heterocycles. The van der Waals surface area contributed by atoms with E-state index in [9.17, 15) is 9.90 Å². The van der Waals surface area contributed by atoms with Gasteiger partial charge in [-0.25, -0.2) is 0 Å². The molecular formula is C17H16BrNO2S. The maximum absolute atomic E-state index is 12.2. The van der Waals surface area contributed by atoms with Gasteiger partial charge in [-0.3, -0.25) is 9.78 Å². The zero-order chi connectivity index (χ0) is 16.1. The van der Waals surface area contributed by atoms with Gasteiger partial charge >= 0.3 is 0 Å². The lowest BCUT2D eigenvalue weighted by Gasteiger charge is -2.07. The van der Waals surface area contributed by atoms with E-state index in [1.54, 1.807) is 36.2 Å². The highest BCUT2D eigenvalue weighted by Crippen LogP contribution is 2.25. The second kappa shape index (κ2) is 7.61. The van der Waals surface area contributed by atoms with Crippen LogP contribution in [0.2, 0.25) is 0 Å². The number of hydrogen-bond donors (Lipinski definition) is 1. The molecule has 0 amide bonds. The van der Waals surface area contributed by atoms with Gasteiger partial charge in [0.15, 0.2) is 5.78 Å². The Bertz CT molecular complexity index is 716. The zero-order valence-electron chi connectivity index (χ0n) is 12.2. The molecule has 2 rings (SSSR count). The van der Waals surface area contributed by atoms with Crippen molar-refractivity contribution in [1.29, 1.82) is 0 Å². The van der Waals surface area contributed by atoms with Crippen LogP contribution in [-0.4, -0.2) is 22.1 Å². The topological polar surface area (TPSA) is 50.2 Å². The van der Waals surface area contributed by atoms with E-state index in [1.807, 2.05) is 12.3 Å². The summed E-state index contributed by atoms with van der Waals surface area (Å²) in [5.74, 6) is -0.0907. The van der Waals surface area contributed by atoms with Crippen molar-refractivity contribution < 1.29 is 9.90 Å². The standard InChI is InChI=1S/C17H16BrNO2S/c1-3-11-10-19-13(9-17(11)22-2)5-7-16(21)14-8-12(18)4-6-15(14)20/h3-4,6,8-10,20H,1,5,7H2,2H3. The smallest absolute Gasteiger partial charge is 0.167 e. The fraction of sp³-hybridized carbons (Fsp3) is 0.176. The van der Waals surface area contributed by atoms with Crippen molar-refractivity contribution in [3.05, 3.63) is 58.3 Å². The Morgan fingerprint density at radius 2 is 2.23 bits per heavy atom. The lowest BCUT2D eigenvalue weighted by atomic mass is 10.0. The number of aromatic nitrogens is 1. The predicted molar refractivity (Wildman–Crippen MR) is 94.6 cm³/mol. The fourth-order valence-corrected chi connectivity index (χ4v) is 3.05. The highest BCUT2D eigenvalue weighted by molar-refractivity contribution is 9.10. The number of rotatable bonds is 6. The molecule has 0 aliphatic rings. The first-order valence-corrected chi connectivity index (χ1v) is 8.74. The number of phenols is 1. The number of ketones is 1. The zero-order valence-corrected chi connectivity index (χ0v) is 14.6. The molecule has 0 radical (unpaired) electrons. The fourth-order valence-electron chi connectivity index (χ4n) is 2.06. The molecule has 1 N–H and O–H groups in total. The average molecular weight is 378 g/mol. The molecule has 1 heterocycles. The molecule has 0 fully saturated rings. The van der Waals surface area contributed by atoms with Crippen LogP contribution in [0.15, 0.2) is 46.4 Å². The van der Waals surface area contributed by atoms with Crippen LogP contribution in [0.1, 0.15) is 28.0 Å². The first-order valence-electron chi connectivity index (χ1n) is 6.72. The van der Waals surface area contributed by atoms with Gasteiger partial charge < -0.3 is 5.11 Å². The summed E-state index contributed by atoms with van der Waals surface area (Å²) < 4.78 is 0.770. The Morgan fingerprint density at radius 3 is 2.91 bits per heavy atom. The summed E-state index contributed by atoms with van der Waals surface area (Å²) in [5.41, 5.74) is 2.19. The number of thioether (sulfide) groups is 1. The number of carbonyl (C=O) groups excluding carboxylic acids is 1. The van der Waals surface area contributed by atoms with Crippen LogP contribution in [-0.2, 0) is 6.42 Å². The molecule has 0 unspecified atom stereocenters. The molecule has 22 heavy (non-hydrogen) atoms. The Balaban J connectivity index is 2.11. The average Bonchev–Trinajstić information content (AvgIpc) is 2.54. The minimum absolute atomic E-state index is 0.00738. The number of phenolic OH excluding ortho intramolecular Hbond substituents is 1. The highest BCUT2D eigenvalue weighted by Gasteiger charge is 2.12. The van der Waals surface area contributed by atoms with Crippen LogP contribution >= 0.6 is 27.7 Å². The summed E-state index contributed by atoms with van der Waals surface area (Å²) >= 11 is 4.93. The van der Waals surface area contributed by atoms with Gasteiger partial charge in [0.25, 0.3) is 0 Å². The molecule has 1 aromatic heterocycles. The molecule has 0 aliphatic heterocycles. The second-order valence-corrected chi connectivity index (χ2v) is 6.47. The van der Waals surface area contributed by atoms with E-state index in [2.05, 4.69) is 27.5 Å². The minimum Gasteiger partial charge on any atom is -0.507 e. The van der Waals surface area contributed by atoms with Gasteiger partial charge in [-0.05, 0) is 36.9 Å². The van der Waals surface area contributed by atoms with Gasteiger partial charge in [-0.15, -0.1) is 11.8 Å². The monoisotopic (exact) mass is 377 g/mol. The normalized spacial score (nSPS) is 10.5. The molecule has 2 aromatic rings. The molecule has 0 atom stereocenters. The largest absolute Gasteiger partial charge is 0.507 e. The van der Waals surface area contributed by atoms with Crippen LogP contribution in [0.3, 0.4) is 0 Å². The molecule has 5 heteroatoms. The van der Waals surface area contributed by atoms with Crippen molar-refractivity contribution in [2.24, 2.45) is 0 Å². The molecule has 0 saturated carbocycles. The molecule has 0 bridgehead atoms. The number of hydrogen-bond acceptors (Lipinski definition) is 4. The van der Waals surface area contributed by atoms with E-state index in [0.717, 1.165) is 20.6 Å². The summed E-state index contributed by atoms with van der Waals surface area (Å²) in [4.78, 5) is 17.7. The summed E-state index contributed by atoms with van der Waals surface area (Å²) in [6.07, 6.45) is 6.38. The van der Waals surface area contributed by atoms with E-state index in [1.165, 1.54) is 6.07 Å². The van der Waals surface area contributed by atoms with Crippen LogP contribution in [0.25, 0.3) is 6.08 Å². The molecular weight excluding hydrogens is 362 g/mol. The van der Waals surface area contributed by atoms with E-state index in [-0.39, 0.29) is 11.5 Å². The van der Waals surface area contributed by atoms with Crippen LogP contribution < -0.4 is 0 Å². The van der Waals surface area contributed by atoms with Crippen molar-refractivity contribution in [2.75, 3.05) is 6.26 Å². The Morgan fingerprint density at radius 1 is 1.45 bits per heavy atom. The maximum Gasteiger partial charge on any atom is 0.167 e. The van der Waals surface area contributed by atoms with Crippen molar-refractivity contribution in [3.63, 3.8) is 0 Å². The van der Waals surface area contributed by atoms with Gasteiger partial charge in [-0.1, -0.05) is 28.6 Å². The van der Waals surface area contributed by atoms with Crippen molar-refractivity contribution in [3.8, 4) is 5.75 Å². The Kier molecular flexibility index (Phi) is 5.80. The summed E-state index contributed by atoms with van der Waals surface area (Å²) in [6.45, 7) is 3.76. The van der Waals surface area contributed by atoms with Gasteiger partial charge in [0.1, 0.15) is 5.75 Å². The molecule has 114 valence electrons. The van der Waals surface area contributed by atoms with Crippen LogP contribution in [0.5, 0.6) is 5.75 Å². The first kappa shape index (κ1) is 16.8. The van der Waals surface area contributed by atoms with Crippen molar-refractivity contribution in [1.82, 2.24) is 4.98 Å². The van der Waals surface area contributed by atoms with E-state index in [4.69, 9.17) is 0 Å².